The summed E-state index contributed by atoms with van der Waals surface area (Å²) in [5, 5.41) is 3.30. The van der Waals surface area contributed by atoms with Crippen molar-refractivity contribution in [1.29, 1.82) is 0 Å². The lowest BCUT2D eigenvalue weighted by Gasteiger charge is -2.14. The van der Waals surface area contributed by atoms with Crippen LogP contribution >= 0.6 is 0 Å². The molecule has 0 saturated carbocycles. The number of hydrogen-bond acceptors (Lipinski definition) is 4. The van der Waals surface area contributed by atoms with Crippen molar-refractivity contribution in [2.75, 3.05) is 26.5 Å². The second-order valence-corrected chi connectivity index (χ2v) is 6.68. The molecule has 1 unspecified atom stereocenters. The molecule has 19 heavy (non-hydrogen) atoms. The lowest BCUT2D eigenvalue weighted by atomic mass is 10.1. The van der Waals surface area contributed by atoms with E-state index in [9.17, 15) is 8.42 Å². The van der Waals surface area contributed by atoms with Crippen LogP contribution < -0.4 is 14.8 Å². The largest absolute Gasteiger partial charge is 0.497 e. The molecule has 0 radical (unpaired) electrons. The third kappa shape index (κ3) is 3.46. The van der Waals surface area contributed by atoms with Crippen LogP contribution in [-0.4, -0.2) is 34.9 Å². The quantitative estimate of drug-likeness (QED) is 0.811. The lowest BCUT2D eigenvalue weighted by Crippen LogP contribution is -2.31. The van der Waals surface area contributed by atoms with Crippen molar-refractivity contribution in [1.82, 2.24) is 10.0 Å². The van der Waals surface area contributed by atoms with Gasteiger partial charge in [0.05, 0.1) is 12.9 Å². The standard InChI is InChI=1S/C13H20N2O3S/c1-14-19(16,17)8-7-15-13-6-4-10-3-5-11(18-2)9-12(10)13/h3,5,9,13-15H,4,6-8H2,1-2H3. The van der Waals surface area contributed by atoms with Gasteiger partial charge in [-0.1, -0.05) is 6.07 Å². The average Bonchev–Trinajstić information content (AvgIpc) is 2.81. The van der Waals surface area contributed by atoms with E-state index in [4.69, 9.17) is 4.74 Å². The first kappa shape index (κ1) is 14.3. The van der Waals surface area contributed by atoms with E-state index < -0.39 is 10.0 Å². The van der Waals surface area contributed by atoms with E-state index in [1.807, 2.05) is 12.1 Å². The maximum Gasteiger partial charge on any atom is 0.212 e. The van der Waals surface area contributed by atoms with Crippen LogP contribution in [0.5, 0.6) is 5.75 Å². The van der Waals surface area contributed by atoms with Gasteiger partial charge in [0.15, 0.2) is 0 Å². The molecule has 1 aromatic rings. The minimum Gasteiger partial charge on any atom is -0.497 e. The number of aryl methyl sites for hydroxylation is 1. The van der Waals surface area contributed by atoms with Crippen molar-refractivity contribution >= 4 is 10.0 Å². The number of nitrogens with one attached hydrogen (secondary N) is 2. The zero-order valence-corrected chi connectivity index (χ0v) is 12.1. The third-order valence-corrected chi connectivity index (χ3v) is 4.87. The number of ether oxygens (including phenoxy) is 1. The van der Waals surface area contributed by atoms with Gasteiger partial charge in [0.1, 0.15) is 5.75 Å². The van der Waals surface area contributed by atoms with Gasteiger partial charge in [0.2, 0.25) is 10.0 Å². The van der Waals surface area contributed by atoms with Crippen LogP contribution in [0.4, 0.5) is 0 Å². The Labute approximate surface area is 114 Å². The number of fused-ring (bicyclic) bond motifs is 1. The monoisotopic (exact) mass is 284 g/mol. The molecule has 1 atom stereocenters. The highest BCUT2D eigenvalue weighted by Crippen LogP contribution is 2.33. The van der Waals surface area contributed by atoms with Gasteiger partial charge < -0.3 is 10.1 Å². The summed E-state index contributed by atoms with van der Waals surface area (Å²) in [4.78, 5) is 0. The van der Waals surface area contributed by atoms with E-state index in [0.29, 0.717) is 6.54 Å². The minimum atomic E-state index is -3.14. The Hall–Kier alpha value is -1.11. The van der Waals surface area contributed by atoms with Crippen molar-refractivity contribution in [3.63, 3.8) is 0 Å². The van der Waals surface area contributed by atoms with Crippen LogP contribution in [0.15, 0.2) is 18.2 Å². The predicted molar refractivity (Wildman–Crippen MR) is 74.9 cm³/mol. The molecule has 1 aromatic carbocycles. The van der Waals surface area contributed by atoms with Crippen LogP contribution in [0.2, 0.25) is 0 Å². The van der Waals surface area contributed by atoms with Crippen molar-refractivity contribution in [3.05, 3.63) is 29.3 Å². The lowest BCUT2D eigenvalue weighted by molar-refractivity contribution is 0.413. The maximum atomic E-state index is 11.3. The van der Waals surface area contributed by atoms with Gasteiger partial charge in [-0.2, -0.15) is 0 Å². The zero-order chi connectivity index (χ0) is 13.9. The van der Waals surface area contributed by atoms with E-state index in [1.165, 1.54) is 18.2 Å². The molecular weight excluding hydrogens is 264 g/mol. The molecular formula is C13H20N2O3S. The van der Waals surface area contributed by atoms with E-state index in [1.54, 1.807) is 7.11 Å². The smallest absolute Gasteiger partial charge is 0.212 e. The summed E-state index contributed by atoms with van der Waals surface area (Å²) in [6.45, 7) is 0.449. The molecule has 0 fully saturated rings. The van der Waals surface area contributed by atoms with Crippen molar-refractivity contribution in [2.45, 2.75) is 18.9 Å². The summed E-state index contributed by atoms with van der Waals surface area (Å²) in [6, 6.07) is 6.30. The van der Waals surface area contributed by atoms with E-state index >= 15 is 0 Å². The molecule has 5 nitrogen and oxygen atoms in total. The van der Waals surface area contributed by atoms with E-state index in [0.717, 1.165) is 18.6 Å². The second-order valence-electron chi connectivity index (χ2n) is 4.63. The van der Waals surface area contributed by atoms with E-state index in [2.05, 4.69) is 16.1 Å². The van der Waals surface area contributed by atoms with Gasteiger partial charge in [0.25, 0.3) is 0 Å². The number of benzene rings is 1. The number of sulfonamides is 1. The number of methoxy groups -OCH3 is 1. The Morgan fingerprint density at radius 3 is 2.89 bits per heavy atom. The first-order chi connectivity index (χ1) is 9.05. The fraction of sp³-hybridized carbons (Fsp3) is 0.538. The highest BCUT2D eigenvalue weighted by Gasteiger charge is 2.22. The Morgan fingerprint density at radius 2 is 2.21 bits per heavy atom. The molecule has 0 aromatic heterocycles. The predicted octanol–water partition coefficient (Wildman–Crippen LogP) is 0.821. The fourth-order valence-corrected chi connectivity index (χ4v) is 2.98. The highest BCUT2D eigenvalue weighted by atomic mass is 32.2. The summed E-state index contributed by atoms with van der Waals surface area (Å²) in [7, 11) is -0.0516. The van der Waals surface area contributed by atoms with Crippen molar-refractivity contribution < 1.29 is 13.2 Å². The van der Waals surface area contributed by atoms with Crippen molar-refractivity contribution in [3.8, 4) is 5.75 Å². The molecule has 0 saturated heterocycles. The van der Waals surface area contributed by atoms with Crippen LogP contribution in [0.25, 0.3) is 0 Å². The van der Waals surface area contributed by atoms with Gasteiger partial charge in [-0.15, -0.1) is 0 Å². The maximum absolute atomic E-state index is 11.3. The first-order valence-electron chi connectivity index (χ1n) is 6.37. The Kier molecular flexibility index (Phi) is 4.44. The van der Waals surface area contributed by atoms with Gasteiger partial charge in [-0.05, 0) is 43.1 Å². The van der Waals surface area contributed by atoms with Crippen LogP contribution in [0.1, 0.15) is 23.6 Å². The molecule has 106 valence electrons. The normalized spacial score (nSPS) is 18.3. The second kappa shape index (κ2) is 5.90. The number of rotatable bonds is 6. The molecule has 0 spiro atoms. The summed E-state index contributed by atoms with van der Waals surface area (Å²) < 4.78 is 30.2. The van der Waals surface area contributed by atoms with Crippen LogP contribution in [-0.2, 0) is 16.4 Å². The van der Waals surface area contributed by atoms with Crippen molar-refractivity contribution in [2.24, 2.45) is 0 Å². The average molecular weight is 284 g/mol. The molecule has 0 amide bonds. The summed E-state index contributed by atoms with van der Waals surface area (Å²) in [5.74, 6) is 0.939. The minimum absolute atomic E-state index is 0.0965. The van der Waals surface area contributed by atoms with Gasteiger partial charge >= 0.3 is 0 Å². The molecule has 0 bridgehead atoms. The molecule has 0 heterocycles. The van der Waals surface area contributed by atoms with E-state index in [-0.39, 0.29) is 11.8 Å². The van der Waals surface area contributed by atoms with Crippen LogP contribution in [0.3, 0.4) is 0 Å². The first-order valence-corrected chi connectivity index (χ1v) is 8.02. The molecule has 1 aliphatic carbocycles. The topological polar surface area (TPSA) is 67.4 Å². The third-order valence-electron chi connectivity index (χ3n) is 3.50. The molecule has 6 heteroatoms. The SMILES string of the molecule is CNS(=O)(=O)CCNC1CCc2ccc(OC)cc21. The molecule has 2 N–H and O–H groups in total. The Bertz CT molecular complexity index is 543. The number of hydrogen-bond donors (Lipinski definition) is 2. The summed E-state index contributed by atoms with van der Waals surface area (Å²) >= 11 is 0. The molecule has 0 aliphatic heterocycles. The highest BCUT2D eigenvalue weighted by molar-refractivity contribution is 7.89. The van der Waals surface area contributed by atoms with Crippen LogP contribution in [0, 0.1) is 0 Å². The summed E-state index contributed by atoms with van der Waals surface area (Å²) in [5.41, 5.74) is 2.54. The van der Waals surface area contributed by atoms with Gasteiger partial charge in [0, 0.05) is 12.6 Å². The Balaban J connectivity index is 1.98. The summed E-state index contributed by atoms with van der Waals surface area (Å²) in [6.07, 6.45) is 2.03. The van der Waals surface area contributed by atoms with Gasteiger partial charge in [-0.25, -0.2) is 13.1 Å². The molecule has 1 aliphatic rings. The Morgan fingerprint density at radius 1 is 1.42 bits per heavy atom. The molecule has 2 rings (SSSR count). The fourth-order valence-electron chi connectivity index (χ4n) is 2.39. The zero-order valence-electron chi connectivity index (χ0n) is 11.3. The van der Waals surface area contributed by atoms with Gasteiger partial charge in [-0.3, -0.25) is 0 Å².